The van der Waals surface area contributed by atoms with Gasteiger partial charge in [0.15, 0.2) is 0 Å². The lowest BCUT2D eigenvalue weighted by Crippen LogP contribution is -2.51. The van der Waals surface area contributed by atoms with E-state index in [4.69, 9.17) is 4.74 Å². The quantitative estimate of drug-likeness (QED) is 0.561. The smallest absolute Gasteiger partial charge is 0.328 e. The van der Waals surface area contributed by atoms with Crippen molar-refractivity contribution in [3.63, 3.8) is 0 Å². The highest BCUT2D eigenvalue weighted by Gasteiger charge is 2.27. The number of ether oxygens (including phenoxy) is 1. The second-order valence-corrected chi connectivity index (χ2v) is 7.51. The maximum atomic E-state index is 11.9. The predicted octanol–water partition coefficient (Wildman–Crippen LogP) is 3.41. The molecule has 0 radical (unpaired) electrons. The molecule has 144 valence electrons. The van der Waals surface area contributed by atoms with Crippen LogP contribution in [0.5, 0.6) is 5.75 Å². The first-order chi connectivity index (χ1) is 13.3. The van der Waals surface area contributed by atoms with Gasteiger partial charge in [0.25, 0.3) is 11.8 Å². The summed E-state index contributed by atoms with van der Waals surface area (Å²) in [6.45, 7) is 4.12. The van der Waals surface area contributed by atoms with Crippen molar-refractivity contribution in [1.82, 2.24) is 10.6 Å². The molecule has 0 aromatic heterocycles. The minimum Gasteiger partial charge on any atom is -0.496 e. The Bertz CT molecular complexity index is 985. The van der Waals surface area contributed by atoms with Crippen molar-refractivity contribution in [2.24, 2.45) is 0 Å². The highest BCUT2D eigenvalue weighted by molar-refractivity contribution is 9.10. The topological polar surface area (TPSA) is 84.5 Å². The van der Waals surface area contributed by atoms with Crippen molar-refractivity contribution in [3.05, 3.63) is 68.2 Å². The SMILES string of the molecule is COc1cc(C=C2C(=O)NC(=O)NC2=O)cc(Br)c1Cc1cc(C)cc(C)c1. The zero-order valence-corrected chi connectivity index (χ0v) is 17.3. The molecular formula is C21H19BrN2O4. The number of halogens is 1. The number of carbonyl (C=O) groups is 3. The van der Waals surface area contributed by atoms with E-state index in [0.717, 1.165) is 15.6 Å². The van der Waals surface area contributed by atoms with Gasteiger partial charge in [0.2, 0.25) is 0 Å². The third-order valence-corrected chi connectivity index (χ3v) is 5.02. The van der Waals surface area contributed by atoms with Gasteiger partial charge < -0.3 is 4.74 Å². The normalized spacial score (nSPS) is 13.9. The summed E-state index contributed by atoms with van der Waals surface area (Å²) < 4.78 is 6.34. The molecule has 2 aromatic rings. The summed E-state index contributed by atoms with van der Waals surface area (Å²) in [6.07, 6.45) is 2.09. The zero-order chi connectivity index (χ0) is 20.4. The number of benzene rings is 2. The molecule has 6 nitrogen and oxygen atoms in total. The summed E-state index contributed by atoms with van der Waals surface area (Å²) >= 11 is 3.57. The van der Waals surface area contributed by atoms with Crippen molar-refractivity contribution >= 4 is 39.9 Å². The molecule has 1 aliphatic heterocycles. The maximum Gasteiger partial charge on any atom is 0.328 e. The fourth-order valence-corrected chi connectivity index (χ4v) is 3.82. The molecule has 1 heterocycles. The number of amides is 4. The van der Waals surface area contributed by atoms with Crippen LogP contribution < -0.4 is 15.4 Å². The number of aryl methyl sites for hydroxylation is 2. The van der Waals surface area contributed by atoms with E-state index in [-0.39, 0.29) is 5.57 Å². The number of urea groups is 1. The predicted molar refractivity (Wildman–Crippen MR) is 109 cm³/mol. The van der Waals surface area contributed by atoms with Crippen LogP contribution in [-0.4, -0.2) is 25.0 Å². The average molecular weight is 443 g/mol. The molecule has 28 heavy (non-hydrogen) atoms. The summed E-state index contributed by atoms with van der Waals surface area (Å²) in [6, 6.07) is 9.12. The van der Waals surface area contributed by atoms with Crippen LogP contribution in [0.25, 0.3) is 6.08 Å². The molecule has 0 atom stereocenters. The van der Waals surface area contributed by atoms with Gasteiger partial charge in [0.1, 0.15) is 11.3 Å². The molecule has 0 aliphatic carbocycles. The number of hydrogen-bond donors (Lipinski definition) is 2. The first kappa shape index (κ1) is 19.8. The van der Waals surface area contributed by atoms with E-state index in [1.807, 2.05) is 6.07 Å². The molecular weight excluding hydrogens is 424 g/mol. The summed E-state index contributed by atoms with van der Waals surface area (Å²) in [5.74, 6) is -0.834. The first-order valence-electron chi connectivity index (χ1n) is 8.58. The first-order valence-corrected chi connectivity index (χ1v) is 9.38. The van der Waals surface area contributed by atoms with Crippen LogP contribution in [0.3, 0.4) is 0 Å². The van der Waals surface area contributed by atoms with Crippen LogP contribution >= 0.6 is 15.9 Å². The summed E-state index contributed by atoms with van der Waals surface area (Å²) in [4.78, 5) is 35.0. The van der Waals surface area contributed by atoms with Crippen molar-refractivity contribution in [2.75, 3.05) is 7.11 Å². The highest BCUT2D eigenvalue weighted by atomic mass is 79.9. The van der Waals surface area contributed by atoms with E-state index >= 15 is 0 Å². The van der Waals surface area contributed by atoms with Crippen molar-refractivity contribution in [3.8, 4) is 5.75 Å². The second-order valence-electron chi connectivity index (χ2n) is 6.65. The monoisotopic (exact) mass is 442 g/mol. The lowest BCUT2D eigenvalue weighted by molar-refractivity contribution is -0.123. The minimum absolute atomic E-state index is 0.143. The van der Waals surface area contributed by atoms with Crippen LogP contribution in [0.2, 0.25) is 0 Å². The number of barbiturate groups is 1. The number of rotatable bonds is 4. The van der Waals surface area contributed by atoms with Gasteiger partial charge in [-0.3, -0.25) is 20.2 Å². The van der Waals surface area contributed by atoms with Crippen LogP contribution in [0.15, 0.2) is 40.4 Å². The second kappa shape index (κ2) is 7.98. The Balaban J connectivity index is 1.98. The molecule has 0 spiro atoms. The highest BCUT2D eigenvalue weighted by Crippen LogP contribution is 2.32. The van der Waals surface area contributed by atoms with Crippen LogP contribution in [0.4, 0.5) is 4.79 Å². The standard InChI is InChI=1S/C21H19BrN2O4/c1-11-4-12(2)6-13(5-11)7-15-17(22)9-14(10-18(15)28-3)8-16-19(25)23-21(27)24-20(16)26/h4-6,8-10H,7H2,1-3H3,(H2,23,24,25,26,27). The Kier molecular flexibility index (Phi) is 5.65. The average Bonchev–Trinajstić information content (AvgIpc) is 2.59. The van der Waals surface area contributed by atoms with Gasteiger partial charge in [-0.15, -0.1) is 0 Å². The Morgan fingerprint density at radius 2 is 1.57 bits per heavy atom. The molecule has 0 unspecified atom stereocenters. The Hall–Kier alpha value is -2.93. The molecule has 1 fully saturated rings. The number of hydrogen-bond acceptors (Lipinski definition) is 4. The van der Waals surface area contributed by atoms with Crippen molar-refractivity contribution < 1.29 is 19.1 Å². The fourth-order valence-electron chi connectivity index (χ4n) is 3.22. The van der Waals surface area contributed by atoms with Crippen LogP contribution in [0.1, 0.15) is 27.8 Å². The van der Waals surface area contributed by atoms with E-state index in [1.54, 1.807) is 13.2 Å². The van der Waals surface area contributed by atoms with Crippen LogP contribution in [-0.2, 0) is 16.0 Å². The number of imide groups is 2. The molecule has 1 aliphatic rings. The van der Waals surface area contributed by atoms with Gasteiger partial charge in [-0.2, -0.15) is 0 Å². The molecule has 4 amide bonds. The van der Waals surface area contributed by atoms with Gasteiger partial charge in [-0.1, -0.05) is 45.3 Å². The fraction of sp³-hybridized carbons (Fsp3) is 0.190. The lowest BCUT2D eigenvalue weighted by Gasteiger charge is -2.16. The maximum absolute atomic E-state index is 11.9. The number of nitrogens with one attached hydrogen (secondary N) is 2. The van der Waals surface area contributed by atoms with Gasteiger partial charge >= 0.3 is 6.03 Å². The minimum atomic E-state index is -0.824. The van der Waals surface area contributed by atoms with E-state index in [1.165, 1.54) is 17.2 Å². The lowest BCUT2D eigenvalue weighted by atomic mass is 9.98. The molecule has 1 saturated heterocycles. The third kappa shape index (κ3) is 4.31. The van der Waals surface area contributed by atoms with Crippen molar-refractivity contribution in [1.29, 1.82) is 0 Å². The largest absolute Gasteiger partial charge is 0.496 e. The van der Waals surface area contributed by atoms with E-state index < -0.39 is 17.8 Å². The number of carbonyl (C=O) groups excluding carboxylic acids is 3. The molecule has 3 rings (SSSR count). The number of methoxy groups -OCH3 is 1. The Labute approximate surface area is 171 Å². The molecule has 0 saturated carbocycles. The van der Waals surface area contributed by atoms with Gasteiger partial charge in [-0.05, 0) is 43.2 Å². The molecule has 7 heteroatoms. The van der Waals surface area contributed by atoms with E-state index in [2.05, 4.69) is 58.6 Å². The summed E-state index contributed by atoms with van der Waals surface area (Å²) in [5, 5.41) is 4.11. The van der Waals surface area contributed by atoms with E-state index in [0.29, 0.717) is 17.7 Å². The van der Waals surface area contributed by atoms with Gasteiger partial charge in [0, 0.05) is 16.5 Å². The molecule has 2 N–H and O–H groups in total. The zero-order valence-electron chi connectivity index (χ0n) is 15.7. The van der Waals surface area contributed by atoms with E-state index in [9.17, 15) is 14.4 Å². The summed E-state index contributed by atoms with van der Waals surface area (Å²) in [5.41, 5.74) is 4.96. The van der Waals surface area contributed by atoms with Crippen molar-refractivity contribution in [2.45, 2.75) is 20.3 Å². The summed E-state index contributed by atoms with van der Waals surface area (Å²) in [7, 11) is 1.57. The van der Waals surface area contributed by atoms with Gasteiger partial charge in [-0.25, -0.2) is 4.79 Å². The Morgan fingerprint density at radius 1 is 0.964 bits per heavy atom. The van der Waals surface area contributed by atoms with Crippen LogP contribution in [0, 0.1) is 13.8 Å². The molecule has 0 bridgehead atoms. The third-order valence-electron chi connectivity index (χ3n) is 4.31. The Morgan fingerprint density at radius 3 is 2.14 bits per heavy atom. The molecule has 2 aromatic carbocycles. The van der Waals surface area contributed by atoms with Gasteiger partial charge in [0.05, 0.1) is 7.11 Å².